The minimum absolute atomic E-state index is 0.0497. The lowest BCUT2D eigenvalue weighted by molar-refractivity contribution is -0.384. The van der Waals surface area contributed by atoms with Gasteiger partial charge in [-0.25, -0.2) is 17.4 Å². The summed E-state index contributed by atoms with van der Waals surface area (Å²) in [7, 11) is -3.86. The molecule has 3 rings (SSSR count). The summed E-state index contributed by atoms with van der Waals surface area (Å²) >= 11 is 0. The maximum atomic E-state index is 12.7. The highest BCUT2D eigenvalue weighted by Gasteiger charge is 2.23. The minimum atomic E-state index is -3.86. The summed E-state index contributed by atoms with van der Waals surface area (Å²) in [5, 5.41) is 11.1. The maximum Gasteiger partial charge on any atom is 0.311 e. The molecule has 0 fully saturated rings. The molecule has 0 unspecified atom stereocenters. The third-order valence-electron chi connectivity index (χ3n) is 3.48. The number of pyridine rings is 1. The van der Waals surface area contributed by atoms with Crippen molar-refractivity contribution in [1.82, 2.24) is 8.96 Å². The molecule has 0 bridgehead atoms. The Morgan fingerprint density at radius 3 is 2.48 bits per heavy atom. The van der Waals surface area contributed by atoms with Crippen LogP contribution in [-0.4, -0.2) is 22.3 Å². The van der Waals surface area contributed by atoms with Gasteiger partial charge in [0.2, 0.25) is 0 Å². The van der Waals surface area contributed by atoms with Gasteiger partial charge in [-0.2, -0.15) is 0 Å². The number of nitro groups is 1. The van der Waals surface area contributed by atoms with Crippen LogP contribution in [0.1, 0.15) is 5.56 Å². The number of nitrogens with zero attached hydrogens (tertiary/aromatic N) is 3. The van der Waals surface area contributed by atoms with E-state index in [0.29, 0.717) is 0 Å². The molecule has 2 N–H and O–H groups in total. The number of aryl methyl sites for hydroxylation is 1. The van der Waals surface area contributed by atoms with Gasteiger partial charge in [-0.05, 0) is 25.1 Å². The Bertz CT molecular complexity index is 1020. The Hall–Kier alpha value is -2.94. The van der Waals surface area contributed by atoms with Gasteiger partial charge >= 0.3 is 5.69 Å². The summed E-state index contributed by atoms with van der Waals surface area (Å²) < 4.78 is 26.4. The van der Waals surface area contributed by atoms with Crippen LogP contribution in [0.3, 0.4) is 0 Å². The SMILES string of the molecule is Cc1ccc(S(=O)(=O)n2ccc3c(N)c([N+](=O)[O-])cnc32)cc1. The van der Waals surface area contributed by atoms with Crippen molar-refractivity contribution in [3.05, 3.63) is 58.4 Å². The van der Waals surface area contributed by atoms with E-state index in [2.05, 4.69) is 4.98 Å². The third-order valence-corrected chi connectivity index (χ3v) is 5.16. The van der Waals surface area contributed by atoms with E-state index in [9.17, 15) is 18.5 Å². The molecule has 2 heterocycles. The van der Waals surface area contributed by atoms with Crippen LogP contribution in [0.15, 0.2) is 47.6 Å². The van der Waals surface area contributed by atoms with Crippen molar-refractivity contribution in [2.45, 2.75) is 11.8 Å². The van der Waals surface area contributed by atoms with Gasteiger partial charge in [-0.1, -0.05) is 17.7 Å². The molecule has 23 heavy (non-hydrogen) atoms. The average molecular weight is 332 g/mol. The summed E-state index contributed by atoms with van der Waals surface area (Å²) in [6.45, 7) is 1.85. The van der Waals surface area contributed by atoms with Gasteiger partial charge in [0.15, 0.2) is 5.65 Å². The first-order valence-electron chi connectivity index (χ1n) is 6.54. The number of nitrogen functional groups attached to an aromatic ring is 1. The van der Waals surface area contributed by atoms with Gasteiger partial charge in [-0.3, -0.25) is 10.1 Å². The largest absolute Gasteiger partial charge is 0.393 e. The fourth-order valence-corrected chi connectivity index (χ4v) is 3.54. The molecule has 0 saturated carbocycles. The molecule has 118 valence electrons. The molecule has 0 aliphatic rings. The topological polar surface area (TPSA) is 121 Å². The van der Waals surface area contributed by atoms with Crippen molar-refractivity contribution >= 4 is 32.4 Å². The Morgan fingerprint density at radius 1 is 1.22 bits per heavy atom. The highest BCUT2D eigenvalue weighted by molar-refractivity contribution is 7.90. The van der Waals surface area contributed by atoms with Gasteiger partial charge in [0.25, 0.3) is 10.0 Å². The first-order valence-corrected chi connectivity index (χ1v) is 7.98. The monoisotopic (exact) mass is 332 g/mol. The van der Waals surface area contributed by atoms with E-state index in [4.69, 9.17) is 5.73 Å². The molecule has 0 amide bonds. The molecule has 0 spiro atoms. The van der Waals surface area contributed by atoms with Crippen LogP contribution in [0.5, 0.6) is 0 Å². The number of fused-ring (bicyclic) bond motifs is 1. The minimum Gasteiger partial charge on any atom is -0.393 e. The molecule has 0 aliphatic carbocycles. The number of aromatic nitrogens is 2. The van der Waals surface area contributed by atoms with Crippen molar-refractivity contribution in [1.29, 1.82) is 0 Å². The molecule has 0 aliphatic heterocycles. The predicted octanol–water partition coefficient (Wildman–Crippen LogP) is 2.07. The highest BCUT2D eigenvalue weighted by Crippen LogP contribution is 2.30. The van der Waals surface area contributed by atoms with E-state index in [1.165, 1.54) is 24.4 Å². The van der Waals surface area contributed by atoms with Gasteiger partial charge in [0.05, 0.1) is 15.2 Å². The number of hydrogen-bond acceptors (Lipinski definition) is 6. The van der Waals surface area contributed by atoms with E-state index in [0.717, 1.165) is 15.7 Å². The standard InChI is InChI=1S/C14H12N4O4S/c1-9-2-4-10(5-3-9)23(21,22)17-7-6-11-13(15)12(18(19)20)8-16-14(11)17/h2-8H,1H3,(H2,15,16). The summed E-state index contributed by atoms with van der Waals surface area (Å²) in [4.78, 5) is 14.2. The van der Waals surface area contributed by atoms with E-state index in [1.807, 2.05) is 6.92 Å². The number of nitrogens with two attached hydrogens (primary N) is 1. The number of benzene rings is 1. The van der Waals surface area contributed by atoms with Crippen LogP contribution in [0.4, 0.5) is 11.4 Å². The molecule has 0 saturated heterocycles. The summed E-state index contributed by atoms with van der Waals surface area (Å²) in [5.41, 5.74) is 6.25. The molecule has 9 heteroatoms. The molecule has 0 atom stereocenters. The van der Waals surface area contributed by atoms with Gasteiger partial charge < -0.3 is 5.73 Å². The fourth-order valence-electron chi connectivity index (χ4n) is 2.24. The summed E-state index contributed by atoms with van der Waals surface area (Å²) in [5.74, 6) is 0. The molecule has 1 aromatic carbocycles. The summed E-state index contributed by atoms with van der Waals surface area (Å²) in [6, 6.07) is 7.75. The normalized spacial score (nSPS) is 11.7. The van der Waals surface area contributed by atoms with Crippen LogP contribution in [0, 0.1) is 17.0 Å². The zero-order valence-corrected chi connectivity index (χ0v) is 12.8. The number of hydrogen-bond donors (Lipinski definition) is 1. The summed E-state index contributed by atoms with van der Waals surface area (Å²) in [6.07, 6.45) is 2.24. The second-order valence-corrected chi connectivity index (χ2v) is 6.80. The molecule has 2 aromatic heterocycles. The van der Waals surface area contributed by atoms with Crippen LogP contribution >= 0.6 is 0 Å². The van der Waals surface area contributed by atoms with E-state index in [1.54, 1.807) is 12.1 Å². The van der Waals surface area contributed by atoms with Crippen LogP contribution in [0.2, 0.25) is 0 Å². The third kappa shape index (κ3) is 2.30. The van der Waals surface area contributed by atoms with Crippen LogP contribution < -0.4 is 5.73 Å². The molecule has 8 nitrogen and oxygen atoms in total. The first kappa shape index (κ1) is 15.0. The Balaban J connectivity index is 2.23. The second kappa shape index (κ2) is 5.06. The molecular weight excluding hydrogens is 320 g/mol. The second-order valence-electron chi connectivity index (χ2n) is 4.98. The van der Waals surface area contributed by atoms with Crippen LogP contribution in [-0.2, 0) is 10.0 Å². The average Bonchev–Trinajstić information content (AvgIpc) is 2.93. The van der Waals surface area contributed by atoms with Crippen LogP contribution in [0.25, 0.3) is 11.0 Å². The molecule has 3 aromatic rings. The molecule has 0 radical (unpaired) electrons. The van der Waals surface area contributed by atoms with Crippen molar-refractivity contribution < 1.29 is 13.3 Å². The van der Waals surface area contributed by atoms with E-state index >= 15 is 0 Å². The number of anilines is 1. The lowest BCUT2D eigenvalue weighted by Crippen LogP contribution is -2.12. The first-order chi connectivity index (χ1) is 10.8. The zero-order chi connectivity index (χ0) is 16.8. The van der Waals surface area contributed by atoms with Crippen molar-refractivity contribution in [2.75, 3.05) is 5.73 Å². The van der Waals surface area contributed by atoms with E-state index < -0.39 is 14.9 Å². The van der Waals surface area contributed by atoms with Crippen molar-refractivity contribution in [2.24, 2.45) is 0 Å². The van der Waals surface area contributed by atoms with Gasteiger partial charge in [0, 0.05) is 6.20 Å². The Morgan fingerprint density at radius 2 is 1.87 bits per heavy atom. The lowest BCUT2D eigenvalue weighted by atomic mass is 10.2. The fraction of sp³-hybridized carbons (Fsp3) is 0.0714. The lowest BCUT2D eigenvalue weighted by Gasteiger charge is -2.07. The van der Waals surface area contributed by atoms with E-state index in [-0.39, 0.29) is 27.3 Å². The van der Waals surface area contributed by atoms with Gasteiger partial charge in [-0.15, -0.1) is 0 Å². The highest BCUT2D eigenvalue weighted by atomic mass is 32.2. The van der Waals surface area contributed by atoms with Gasteiger partial charge in [0.1, 0.15) is 11.9 Å². The Labute approximate surface area is 131 Å². The predicted molar refractivity (Wildman–Crippen MR) is 84.6 cm³/mol. The molecular formula is C14H12N4O4S. The smallest absolute Gasteiger partial charge is 0.311 e. The number of rotatable bonds is 3. The Kier molecular flexibility index (Phi) is 3.29. The zero-order valence-electron chi connectivity index (χ0n) is 12.0. The maximum absolute atomic E-state index is 12.7. The quantitative estimate of drug-likeness (QED) is 0.579. The van der Waals surface area contributed by atoms with Crippen molar-refractivity contribution in [3.63, 3.8) is 0 Å². The van der Waals surface area contributed by atoms with Crippen molar-refractivity contribution in [3.8, 4) is 0 Å².